The molecule has 2 saturated heterocycles. The second-order valence-electron chi connectivity index (χ2n) is 9.52. The Bertz CT molecular complexity index is 1200. The lowest BCUT2D eigenvalue weighted by molar-refractivity contribution is -0.140. The van der Waals surface area contributed by atoms with Gasteiger partial charge in [0, 0.05) is 26.2 Å². The van der Waals surface area contributed by atoms with Crippen LogP contribution in [0.3, 0.4) is 0 Å². The van der Waals surface area contributed by atoms with E-state index in [0.717, 1.165) is 31.7 Å². The summed E-state index contributed by atoms with van der Waals surface area (Å²) in [5.41, 5.74) is 3.39. The van der Waals surface area contributed by atoms with Gasteiger partial charge in [-0.15, -0.1) is 0 Å². The molecule has 36 heavy (non-hydrogen) atoms. The molecule has 7 heteroatoms. The summed E-state index contributed by atoms with van der Waals surface area (Å²) in [7, 11) is 0. The number of carbonyl (C=O) groups is 2. The van der Waals surface area contributed by atoms with Gasteiger partial charge in [0.25, 0.3) is 0 Å². The minimum absolute atomic E-state index is 0.103. The number of hydrogen-bond donors (Lipinski definition) is 0. The Kier molecular flexibility index (Phi) is 6.17. The zero-order chi connectivity index (χ0) is 24.5. The molecule has 0 saturated carbocycles. The highest BCUT2D eigenvalue weighted by atomic mass is 16.7. The number of ether oxygens (including phenoxy) is 2. The van der Waals surface area contributed by atoms with E-state index in [0.29, 0.717) is 11.5 Å². The normalized spacial score (nSPS) is 20.5. The van der Waals surface area contributed by atoms with Crippen LogP contribution in [0.4, 0.5) is 0 Å². The van der Waals surface area contributed by atoms with E-state index in [1.165, 1.54) is 16.0 Å². The third kappa shape index (κ3) is 4.36. The topological polar surface area (TPSA) is 62.3 Å². The molecule has 0 aliphatic carbocycles. The molecule has 184 valence electrons. The van der Waals surface area contributed by atoms with Gasteiger partial charge in [0.2, 0.25) is 18.6 Å². The Morgan fingerprint density at radius 3 is 2.08 bits per heavy atom. The summed E-state index contributed by atoms with van der Waals surface area (Å²) in [6, 6.07) is 26.5. The zero-order valence-corrected chi connectivity index (χ0v) is 20.1. The summed E-state index contributed by atoms with van der Waals surface area (Å²) in [6.45, 7) is 3.61. The number of imide groups is 1. The highest BCUT2D eigenvalue weighted by Gasteiger charge is 2.43. The largest absolute Gasteiger partial charge is 0.454 e. The monoisotopic (exact) mass is 483 g/mol. The van der Waals surface area contributed by atoms with Crippen LogP contribution in [-0.4, -0.2) is 65.5 Å². The summed E-state index contributed by atoms with van der Waals surface area (Å²) < 4.78 is 10.8. The van der Waals surface area contributed by atoms with E-state index in [1.807, 2.05) is 30.3 Å². The molecule has 1 atom stereocenters. The van der Waals surface area contributed by atoms with Crippen LogP contribution in [-0.2, 0) is 16.1 Å². The smallest absolute Gasteiger partial charge is 0.247 e. The lowest BCUT2D eigenvalue weighted by Gasteiger charge is -2.41. The fourth-order valence-electron chi connectivity index (χ4n) is 5.53. The predicted octanol–water partition coefficient (Wildman–Crippen LogP) is 3.45. The molecule has 3 heterocycles. The minimum atomic E-state index is -0.388. The number of piperazine rings is 1. The maximum Gasteiger partial charge on any atom is 0.247 e. The molecule has 2 amide bonds. The molecule has 1 unspecified atom stereocenters. The van der Waals surface area contributed by atoms with E-state index in [4.69, 9.17) is 9.47 Å². The van der Waals surface area contributed by atoms with Crippen LogP contribution in [0.5, 0.6) is 11.5 Å². The average Bonchev–Trinajstić information content (AvgIpc) is 3.50. The molecule has 0 radical (unpaired) electrons. The molecular weight excluding hydrogens is 454 g/mol. The third-order valence-corrected chi connectivity index (χ3v) is 7.38. The van der Waals surface area contributed by atoms with Crippen molar-refractivity contribution in [1.29, 1.82) is 0 Å². The van der Waals surface area contributed by atoms with Crippen LogP contribution < -0.4 is 9.47 Å². The van der Waals surface area contributed by atoms with E-state index in [-0.39, 0.29) is 43.7 Å². The predicted molar refractivity (Wildman–Crippen MR) is 134 cm³/mol. The summed E-state index contributed by atoms with van der Waals surface area (Å²) >= 11 is 0. The molecule has 0 N–H and O–H groups in total. The van der Waals surface area contributed by atoms with Crippen molar-refractivity contribution in [3.63, 3.8) is 0 Å². The second kappa shape index (κ2) is 9.76. The molecule has 0 spiro atoms. The van der Waals surface area contributed by atoms with Gasteiger partial charge in [-0.1, -0.05) is 66.7 Å². The van der Waals surface area contributed by atoms with E-state index in [1.54, 1.807) is 0 Å². The Balaban J connectivity index is 1.13. The van der Waals surface area contributed by atoms with Gasteiger partial charge < -0.3 is 9.47 Å². The van der Waals surface area contributed by atoms with Crippen molar-refractivity contribution in [3.05, 3.63) is 95.6 Å². The molecule has 3 aromatic carbocycles. The first-order valence-corrected chi connectivity index (χ1v) is 12.5. The standard InChI is InChI=1S/C29H29N3O4/c33-27-18-24(29(34)32(27)19-21-11-12-25-26(17-21)36-20-35-25)30-13-15-31(16-14-30)28(22-7-3-1-4-8-22)23-9-5-2-6-10-23/h1-12,17,24,28H,13-16,18-20H2. The zero-order valence-electron chi connectivity index (χ0n) is 20.1. The average molecular weight is 484 g/mol. The number of benzene rings is 3. The number of carbonyl (C=O) groups excluding carboxylic acids is 2. The Labute approximate surface area is 210 Å². The lowest BCUT2D eigenvalue weighted by Crippen LogP contribution is -2.53. The van der Waals surface area contributed by atoms with Gasteiger partial charge in [-0.05, 0) is 28.8 Å². The lowest BCUT2D eigenvalue weighted by atomic mass is 9.96. The summed E-state index contributed by atoms with van der Waals surface area (Å²) in [6.07, 6.45) is 0.240. The van der Waals surface area contributed by atoms with Crippen LogP contribution in [0.15, 0.2) is 78.9 Å². The highest BCUT2D eigenvalue weighted by Crippen LogP contribution is 2.34. The third-order valence-electron chi connectivity index (χ3n) is 7.38. The van der Waals surface area contributed by atoms with Gasteiger partial charge in [-0.2, -0.15) is 0 Å². The summed E-state index contributed by atoms with van der Waals surface area (Å²) in [5, 5.41) is 0. The fourth-order valence-corrected chi connectivity index (χ4v) is 5.53. The number of amides is 2. The van der Waals surface area contributed by atoms with Crippen molar-refractivity contribution in [3.8, 4) is 11.5 Å². The SMILES string of the molecule is O=C1CC(N2CCN(C(c3ccccc3)c3ccccc3)CC2)C(=O)N1Cc1ccc2c(c1)OCO2. The van der Waals surface area contributed by atoms with Crippen LogP contribution in [0.25, 0.3) is 0 Å². The molecule has 3 aliphatic rings. The molecular formula is C29H29N3O4. The van der Waals surface area contributed by atoms with Crippen LogP contribution >= 0.6 is 0 Å². The Morgan fingerprint density at radius 1 is 0.778 bits per heavy atom. The molecule has 3 aromatic rings. The fraction of sp³-hybridized carbons (Fsp3) is 0.310. The highest BCUT2D eigenvalue weighted by molar-refractivity contribution is 6.05. The molecule has 6 rings (SSSR count). The van der Waals surface area contributed by atoms with Gasteiger partial charge in [0.1, 0.15) is 0 Å². The summed E-state index contributed by atoms with van der Waals surface area (Å²) in [5.74, 6) is 1.13. The number of rotatable bonds is 6. The van der Waals surface area contributed by atoms with E-state index < -0.39 is 0 Å². The van der Waals surface area contributed by atoms with Gasteiger partial charge in [-0.25, -0.2) is 0 Å². The van der Waals surface area contributed by atoms with Crippen molar-refractivity contribution in [1.82, 2.24) is 14.7 Å². The van der Waals surface area contributed by atoms with Gasteiger partial charge in [0.05, 0.1) is 25.0 Å². The quantitative estimate of drug-likeness (QED) is 0.501. The van der Waals surface area contributed by atoms with Crippen LogP contribution in [0, 0.1) is 0 Å². The van der Waals surface area contributed by atoms with Gasteiger partial charge >= 0.3 is 0 Å². The van der Waals surface area contributed by atoms with Crippen molar-refractivity contribution in [2.45, 2.75) is 25.0 Å². The van der Waals surface area contributed by atoms with E-state index in [2.05, 4.69) is 58.3 Å². The number of nitrogens with zero attached hydrogens (tertiary/aromatic N) is 3. The molecule has 7 nitrogen and oxygen atoms in total. The van der Waals surface area contributed by atoms with Crippen molar-refractivity contribution in [2.24, 2.45) is 0 Å². The Morgan fingerprint density at radius 2 is 1.42 bits per heavy atom. The first-order chi connectivity index (χ1) is 17.7. The first kappa shape index (κ1) is 22.8. The van der Waals surface area contributed by atoms with E-state index in [9.17, 15) is 9.59 Å². The second-order valence-corrected chi connectivity index (χ2v) is 9.52. The minimum Gasteiger partial charge on any atom is -0.454 e. The van der Waals surface area contributed by atoms with Crippen molar-refractivity contribution < 1.29 is 19.1 Å². The maximum absolute atomic E-state index is 13.3. The van der Waals surface area contributed by atoms with Crippen molar-refractivity contribution in [2.75, 3.05) is 33.0 Å². The molecule has 2 fully saturated rings. The van der Waals surface area contributed by atoms with Crippen LogP contribution in [0.2, 0.25) is 0 Å². The van der Waals surface area contributed by atoms with Gasteiger partial charge in [0.15, 0.2) is 11.5 Å². The van der Waals surface area contributed by atoms with Crippen molar-refractivity contribution >= 4 is 11.8 Å². The Hall–Kier alpha value is -3.68. The summed E-state index contributed by atoms with van der Waals surface area (Å²) in [4.78, 5) is 32.2. The molecule has 3 aliphatic heterocycles. The van der Waals surface area contributed by atoms with Gasteiger partial charge in [-0.3, -0.25) is 24.3 Å². The number of likely N-dealkylation sites (tertiary alicyclic amines) is 1. The molecule has 0 aromatic heterocycles. The maximum atomic E-state index is 13.3. The number of fused-ring (bicyclic) bond motifs is 1. The van der Waals surface area contributed by atoms with Crippen LogP contribution in [0.1, 0.15) is 29.2 Å². The molecule has 0 bridgehead atoms. The number of hydrogen-bond acceptors (Lipinski definition) is 6. The van der Waals surface area contributed by atoms with E-state index >= 15 is 0 Å². The first-order valence-electron chi connectivity index (χ1n) is 12.5.